The highest BCUT2D eigenvalue weighted by Crippen LogP contribution is 2.26. The van der Waals surface area contributed by atoms with Crippen LogP contribution >= 0.6 is 11.6 Å². The minimum atomic E-state index is 0.0745. The minimum absolute atomic E-state index is 0.0745. The Morgan fingerprint density at radius 3 is 3.00 bits per heavy atom. The maximum atomic E-state index is 8.74. The van der Waals surface area contributed by atoms with E-state index in [-0.39, 0.29) is 6.61 Å². The number of pyridine rings is 1. The van der Waals surface area contributed by atoms with E-state index < -0.39 is 0 Å². The summed E-state index contributed by atoms with van der Waals surface area (Å²) in [4.78, 5) is 4.47. The van der Waals surface area contributed by atoms with Crippen molar-refractivity contribution < 1.29 is 5.11 Å². The van der Waals surface area contributed by atoms with Crippen molar-refractivity contribution in [2.45, 2.75) is 6.92 Å². The number of aliphatic hydroxyl groups is 1. The number of anilines is 1. The molecule has 4 heteroatoms. The first-order chi connectivity index (χ1) is 7.72. The Bertz CT molecular complexity index is 514. The molecule has 0 unspecified atom stereocenters. The van der Waals surface area contributed by atoms with E-state index in [1.165, 1.54) is 0 Å². The summed E-state index contributed by atoms with van der Waals surface area (Å²) >= 11 is 6.17. The predicted octanol–water partition coefficient (Wildman–Crippen LogP) is 2.60. The Morgan fingerprint density at radius 1 is 1.44 bits per heavy atom. The number of aromatic nitrogens is 1. The van der Waals surface area contributed by atoms with Crippen LogP contribution in [0.3, 0.4) is 0 Å². The summed E-state index contributed by atoms with van der Waals surface area (Å²) in [6, 6.07) is 7.69. The lowest BCUT2D eigenvalue weighted by molar-refractivity contribution is 0.311. The van der Waals surface area contributed by atoms with Crippen molar-refractivity contribution in [3.05, 3.63) is 34.9 Å². The fourth-order valence-corrected chi connectivity index (χ4v) is 1.88. The maximum absolute atomic E-state index is 8.74. The van der Waals surface area contributed by atoms with E-state index in [0.717, 1.165) is 16.5 Å². The smallest absolute Gasteiger partial charge is 0.128 e. The van der Waals surface area contributed by atoms with Gasteiger partial charge in [0.25, 0.3) is 0 Å². The van der Waals surface area contributed by atoms with E-state index in [0.29, 0.717) is 17.4 Å². The number of aliphatic hydroxyl groups excluding tert-OH is 1. The standard InChI is InChI=1S/C12H13ClN2O/c1-8-3-2-4-9-10(13)7-11(14-5-6-16)15-12(8)9/h2-4,7,16H,5-6H2,1H3,(H,14,15). The number of nitrogens with zero attached hydrogens (tertiary/aromatic N) is 1. The first-order valence-electron chi connectivity index (χ1n) is 5.13. The van der Waals surface area contributed by atoms with Gasteiger partial charge >= 0.3 is 0 Å². The number of rotatable bonds is 3. The van der Waals surface area contributed by atoms with Gasteiger partial charge in [-0.2, -0.15) is 0 Å². The van der Waals surface area contributed by atoms with Crippen LogP contribution in [-0.4, -0.2) is 23.2 Å². The van der Waals surface area contributed by atoms with Crippen LogP contribution in [0.4, 0.5) is 5.82 Å². The number of hydrogen-bond acceptors (Lipinski definition) is 3. The molecule has 0 spiro atoms. The lowest BCUT2D eigenvalue weighted by Gasteiger charge is -2.08. The molecule has 0 saturated carbocycles. The van der Waals surface area contributed by atoms with Gasteiger partial charge in [0, 0.05) is 11.9 Å². The molecular formula is C12H13ClN2O. The van der Waals surface area contributed by atoms with Crippen LogP contribution in [0.5, 0.6) is 0 Å². The summed E-state index contributed by atoms with van der Waals surface area (Å²) in [5, 5.41) is 13.4. The number of hydrogen-bond donors (Lipinski definition) is 2. The van der Waals surface area contributed by atoms with Gasteiger partial charge in [-0.05, 0) is 18.6 Å². The van der Waals surface area contributed by atoms with Gasteiger partial charge in [-0.25, -0.2) is 4.98 Å². The highest BCUT2D eigenvalue weighted by molar-refractivity contribution is 6.35. The summed E-state index contributed by atoms with van der Waals surface area (Å²) < 4.78 is 0. The second kappa shape index (κ2) is 4.68. The molecule has 0 aliphatic rings. The lowest BCUT2D eigenvalue weighted by Crippen LogP contribution is -2.07. The van der Waals surface area contributed by atoms with Crippen LogP contribution in [0.25, 0.3) is 10.9 Å². The van der Waals surface area contributed by atoms with Gasteiger partial charge in [-0.15, -0.1) is 0 Å². The zero-order valence-electron chi connectivity index (χ0n) is 9.00. The molecular weight excluding hydrogens is 224 g/mol. The Kier molecular flexibility index (Phi) is 3.27. The minimum Gasteiger partial charge on any atom is -0.395 e. The SMILES string of the molecule is Cc1cccc2c(Cl)cc(NCCO)nc12. The van der Waals surface area contributed by atoms with Gasteiger partial charge in [0.05, 0.1) is 17.1 Å². The van der Waals surface area contributed by atoms with E-state index in [1.54, 1.807) is 6.07 Å². The monoisotopic (exact) mass is 236 g/mol. The molecule has 1 aromatic carbocycles. The third kappa shape index (κ3) is 2.10. The average Bonchev–Trinajstić information content (AvgIpc) is 2.28. The van der Waals surface area contributed by atoms with Crippen LogP contribution in [0.1, 0.15) is 5.56 Å². The van der Waals surface area contributed by atoms with E-state index in [1.807, 2.05) is 25.1 Å². The molecule has 1 aromatic heterocycles. The van der Waals surface area contributed by atoms with Gasteiger partial charge in [-0.3, -0.25) is 0 Å². The Morgan fingerprint density at radius 2 is 2.25 bits per heavy atom. The molecule has 0 bridgehead atoms. The van der Waals surface area contributed by atoms with Gasteiger partial charge in [0.15, 0.2) is 0 Å². The van der Waals surface area contributed by atoms with E-state index in [9.17, 15) is 0 Å². The van der Waals surface area contributed by atoms with Crippen molar-refractivity contribution in [3.63, 3.8) is 0 Å². The van der Waals surface area contributed by atoms with E-state index in [4.69, 9.17) is 16.7 Å². The second-order valence-corrected chi connectivity index (χ2v) is 4.02. The molecule has 2 rings (SSSR count). The van der Waals surface area contributed by atoms with Crippen LogP contribution in [0, 0.1) is 6.92 Å². The van der Waals surface area contributed by atoms with Crippen LogP contribution in [0.2, 0.25) is 5.02 Å². The first-order valence-corrected chi connectivity index (χ1v) is 5.51. The number of fused-ring (bicyclic) bond motifs is 1. The molecule has 2 aromatic rings. The van der Waals surface area contributed by atoms with Crippen molar-refractivity contribution in [3.8, 4) is 0 Å². The third-order valence-corrected chi connectivity index (χ3v) is 2.72. The maximum Gasteiger partial charge on any atom is 0.128 e. The summed E-state index contributed by atoms with van der Waals surface area (Å²) in [5.41, 5.74) is 1.99. The van der Waals surface area contributed by atoms with Gasteiger partial charge in [-0.1, -0.05) is 29.8 Å². The third-order valence-electron chi connectivity index (χ3n) is 2.41. The fourth-order valence-electron chi connectivity index (χ4n) is 1.63. The zero-order chi connectivity index (χ0) is 11.5. The number of aryl methyl sites for hydroxylation is 1. The molecule has 3 nitrogen and oxygen atoms in total. The van der Waals surface area contributed by atoms with Gasteiger partial charge < -0.3 is 10.4 Å². The molecule has 0 radical (unpaired) electrons. The summed E-state index contributed by atoms with van der Waals surface area (Å²) in [5.74, 6) is 0.695. The summed E-state index contributed by atoms with van der Waals surface area (Å²) in [7, 11) is 0. The van der Waals surface area contributed by atoms with Gasteiger partial charge in [0.2, 0.25) is 0 Å². The van der Waals surface area contributed by atoms with E-state index >= 15 is 0 Å². The van der Waals surface area contributed by atoms with Crippen LogP contribution < -0.4 is 5.32 Å². The molecule has 0 amide bonds. The summed E-state index contributed by atoms with van der Waals surface area (Å²) in [6.45, 7) is 2.55. The Hall–Kier alpha value is -1.32. The Balaban J connectivity index is 2.52. The van der Waals surface area contributed by atoms with Gasteiger partial charge in [0.1, 0.15) is 5.82 Å². The molecule has 84 valence electrons. The normalized spacial score (nSPS) is 10.7. The van der Waals surface area contributed by atoms with Crippen molar-refractivity contribution in [1.82, 2.24) is 4.98 Å². The van der Waals surface area contributed by atoms with Crippen molar-refractivity contribution in [1.29, 1.82) is 0 Å². The van der Waals surface area contributed by atoms with E-state index in [2.05, 4.69) is 10.3 Å². The fraction of sp³-hybridized carbons (Fsp3) is 0.250. The highest BCUT2D eigenvalue weighted by Gasteiger charge is 2.05. The molecule has 0 aliphatic heterocycles. The molecule has 0 atom stereocenters. The first kappa shape index (κ1) is 11.2. The van der Waals surface area contributed by atoms with Crippen LogP contribution in [-0.2, 0) is 0 Å². The summed E-state index contributed by atoms with van der Waals surface area (Å²) in [6.07, 6.45) is 0. The molecule has 1 heterocycles. The largest absolute Gasteiger partial charge is 0.395 e. The lowest BCUT2D eigenvalue weighted by atomic mass is 10.1. The predicted molar refractivity (Wildman–Crippen MR) is 67.1 cm³/mol. The topological polar surface area (TPSA) is 45.1 Å². The zero-order valence-corrected chi connectivity index (χ0v) is 9.75. The van der Waals surface area contributed by atoms with Crippen molar-refractivity contribution in [2.24, 2.45) is 0 Å². The molecule has 16 heavy (non-hydrogen) atoms. The Labute approximate surface area is 99.1 Å². The number of para-hydroxylation sites is 1. The quantitative estimate of drug-likeness (QED) is 0.861. The molecule has 2 N–H and O–H groups in total. The molecule has 0 aliphatic carbocycles. The second-order valence-electron chi connectivity index (χ2n) is 3.61. The average molecular weight is 237 g/mol. The molecule has 0 saturated heterocycles. The number of halogens is 1. The van der Waals surface area contributed by atoms with Crippen molar-refractivity contribution >= 4 is 28.3 Å². The van der Waals surface area contributed by atoms with Crippen LogP contribution in [0.15, 0.2) is 24.3 Å². The number of benzene rings is 1. The highest BCUT2D eigenvalue weighted by atomic mass is 35.5. The molecule has 0 fully saturated rings. The van der Waals surface area contributed by atoms with Crippen molar-refractivity contribution in [2.75, 3.05) is 18.5 Å². The number of nitrogens with one attached hydrogen (secondary N) is 1.